The second kappa shape index (κ2) is 10.2. The van der Waals surface area contributed by atoms with Crippen molar-refractivity contribution in [2.24, 2.45) is 0 Å². The van der Waals surface area contributed by atoms with Crippen molar-refractivity contribution in [2.45, 2.75) is 56.6 Å². The Balaban J connectivity index is 2.57. The van der Waals surface area contributed by atoms with E-state index in [9.17, 15) is 33.2 Å². The highest BCUT2D eigenvalue weighted by Gasteiger charge is 2.25. The number of carboxylic acid groups (broad SMARTS) is 1. The van der Waals surface area contributed by atoms with E-state index in [1.165, 1.54) is 0 Å². The Morgan fingerprint density at radius 1 is 1.21 bits per heavy atom. The van der Waals surface area contributed by atoms with Crippen molar-refractivity contribution < 1.29 is 32.8 Å². The van der Waals surface area contributed by atoms with E-state index >= 15 is 0 Å². The number of nitro benzene ring substituents is 1. The number of carbonyl (C=O) groups excluding carboxylic acids is 1. The second-order valence-corrected chi connectivity index (χ2v) is 8.90. The van der Waals surface area contributed by atoms with Gasteiger partial charge >= 0.3 is 12.1 Å². The molecule has 3 N–H and O–H groups in total. The fraction of sp³-hybridized carbons (Fsp3) is 0.529. The molecule has 29 heavy (non-hydrogen) atoms. The van der Waals surface area contributed by atoms with Gasteiger partial charge in [0.2, 0.25) is 10.0 Å². The van der Waals surface area contributed by atoms with Gasteiger partial charge in [0, 0.05) is 18.7 Å². The van der Waals surface area contributed by atoms with E-state index in [0.29, 0.717) is 12.8 Å². The van der Waals surface area contributed by atoms with Crippen LogP contribution in [0.2, 0.25) is 0 Å². The highest BCUT2D eigenvalue weighted by atomic mass is 32.2. The van der Waals surface area contributed by atoms with Crippen molar-refractivity contribution in [2.75, 3.05) is 6.54 Å². The number of unbranched alkanes of at least 4 members (excludes halogenated alkanes) is 1. The number of alkyl carbamates (subject to hydrolysis) is 1. The normalized spacial score (nSPS) is 12.8. The van der Waals surface area contributed by atoms with Gasteiger partial charge in [-0.25, -0.2) is 13.2 Å². The molecule has 0 unspecified atom stereocenters. The number of benzene rings is 1. The molecule has 11 nitrogen and oxygen atoms in total. The molecule has 0 aliphatic rings. The zero-order valence-corrected chi connectivity index (χ0v) is 17.2. The molecule has 0 saturated carbocycles. The summed E-state index contributed by atoms with van der Waals surface area (Å²) in [5.41, 5.74) is -0.912. The number of amides is 1. The van der Waals surface area contributed by atoms with Crippen LogP contribution in [-0.4, -0.2) is 48.7 Å². The predicted octanol–water partition coefficient (Wildman–Crippen LogP) is 2.02. The number of rotatable bonds is 10. The molecule has 0 bridgehead atoms. The van der Waals surface area contributed by atoms with Crippen LogP contribution in [0, 0.1) is 10.1 Å². The molecule has 1 aromatic rings. The van der Waals surface area contributed by atoms with Crippen molar-refractivity contribution in [3.8, 4) is 0 Å². The molecular formula is C17H25N3O8S. The van der Waals surface area contributed by atoms with Gasteiger partial charge in [-0.3, -0.25) is 14.9 Å². The molecule has 162 valence electrons. The molecule has 1 rings (SSSR count). The van der Waals surface area contributed by atoms with E-state index in [2.05, 4.69) is 10.0 Å². The smallest absolute Gasteiger partial charge is 0.407 e. The first-order chi connectivity index (χ1) is 13.3. The van der Waals surface area contributed by atoms with E-state index in [4.69, 9.17) is 4.74 Å². The number of nitrogens with one attached hydrogen (secondary N) is 2. The zero-order valence-electron chi connectivity index (χ0n) is 16.4. The third-order valence-corrected chi connectivity index (χ3v) is 5.03. The fourth-order valence-electron chi connectivity index (χ4n) is 2.21. The van der Waals surface area contributed by atoms with E-state index in [-0.39, 0.29) is 23.5 Å². The average Bonchev–Trinajstić information content (AvgIpc) is 2.58. The summed E-state index contributed by atoms with van der Waals surface area (Å²) in [6.45, 7) is 5.42. The maximum absolute atomic E-state index is 12.3. The number of ether oxygens (including phenoxy) is 1. The molecule has 1 aromatic carbocycles. The van der Waals surface area contributed by atoms with Crippen molar-refractivity contribution in [1.82, 2.24) is 10.0 Å². The molecule has 0 spiro atoms. The highest BCUT2D eigenvalue weighted by Crippen LogP contribution is 2.16. The number of nitrogens with zero attached hydrogens (tertiary/aromatic N) is 1. The lowest BCUT2D eigenvalue weighted by atomic mass is 10.1. The van der Waals surface area contributed by atoms with Crippen LogP contribution in [0.25, 0.3) is 0 Å². The zero-order chi connectivity index (χ0) is 22.2. The maximum atomic E-state index is 12.3. The van der Waals surface area contributed by atoms with Gasteiger partial charge in [-0.15, -0.1) is 0 Å². The average molecular weight is 431 g/mol. The SMILES string of the molecule is CC(C)(C)OC(=O)NCCCC[C@H](NS(=O)(=O)c1ccc([N+](=O)[O-])cc1)C(=O)O. The summed E-state index contributed by atoms with van der Waals surface area (Å²) in [7, 11) is -4.17. The van der Waals surface area contributed by atoms with Gasteiger partial charge in [0.05, 0.1) is 9.82 Å². The van der Waals surface area contributed by atoms with Crippen LogP contribution < -0.4 is 10.0 Å². The Labute approximate surface area is 168 Å². The van der Waals surface area contributed by atoms with E-state index < -0.39 is 38.7 Å². The summed E-state index contributed by atoms with van der Waals surface area (Å²) in [6.07, 6.45) is 0.154. The summed E-state index contributed by atoms with van der Waals surface area (Å²) < 4.78 is 31.8. The van der Waals surface area contributed by atoms with Crippen molar-refractivity contribution in [3.05, 3.63) is 34.4 Å². The van der Waals surface area contributed by atoms with Gasteiger partial charge in [-0.2, -0.15) is 4.72 Å². The van der Waals surface area contributed by atoms with Crippen molar-refractivity contribution in [1.29, 1.82) is 0 Å². The molecule has 1 atom stereocenters. The number of carboxylic acids is 1. The summed E-state index contributed by atoms with van der Waals surface area (Å²) >= 11 is 0. The lowest BCUT2D eigenvalue weighted by Gasteiger charge is -2.19. The summed E-state index contributed by atoms with van der Waals surface area (Å²) in [4.78, 5) is 32.6. The first-order valence-electron chi connectivity index (χ1n) is 8.78. The maximum Gasteiger partial charge on any atom is 0.407 e. The first-order valence-corrected chi connectivity index (χ1v) is 10.3. The van der Waals surface area contributed by atoms with Crippen LogP contribution in [0.1, 0.15) is 40.0 Å². The standard InChI is InChI=1S/C17H25N3O8S/c1-17(2,3)28-16(23)18-11-5-4-6-14(15(21)22)19-29(26,27)13-9-7-12(8-10-13)20(24)25/h7-10,14,19H,4-6,11H2,1-3H3,(H,18,23)(H,21,22)/t14-/m0/s1. The molecule has 0 fully saturated rings. The van der Waals surface area contributed by atoms with Crippen LogP contribution in [0.5, 0.6) is 0 Å². The van der Waals surface area contributed by atoms with Gasteiger partial charge in [-0.1, -0.05) is 0 Å². The Kier molecular flexibility index (Phi) is 8.52. The molecule has 0 radical (unpaired) electrons. The van der Waals surface area contributed by atoms with Gasteiger partial charge in [0.1, 0.15) is 11.6 Å². The van der Waals surface area contributed by atoms with Crippen LogP contribution >= 0.6 is 0 Å². The minimum atomic E-state index is -4.17. The van der Waals surface area contributed by atoms with Crippen LogP contribution in [0.4, 0.5) is 10.5 Å². The van der Waals surface area contributed by atoms with E-state index in [1.54, 1.807) is 20.8 Å². The number of hydrogen-bond acceptors (Lipinski definition) is 7. The van der Waals surface area contributed by atoms with Crippen molar-refractivity contribution >= 4 is 27.8 Å². The predicted molar refractivity (Wildman–Crippen MR) is 103 cm³/mol. The minimum absolute atomic E-state index is 0.00244. The molecule has 0 heterocycles. The number of hydrogen-bond donors (Lipinski definition) is 3. The quantitative estimate of drug-likeness (QED) is 0.287. The topological polar surface area (TPSA) is 165 Å². The largest absolute Gasteiger partial charge is 0.480 e. The van der Waals surface area contributed by atoms with Gasteiger partial charge in [-0.05, 0) is 52.2 Å². The highest BCUT2D eigenvalue weighted by molar-refractivity contribution is 7.89. The minimum Gasteiger partial charge on any atom is -0.480 e. The van der Waals surface area contributed by atoms with Crippen LogP contribution in [0.15, 0.2) is 29.2 Å². The lowest BCUT2D eigenvalue weighted by molar-refractivity contribution is -0.384. The Morgan fingerprint density at radius 2 is 1.79 bits per heavy atom. The van der Waals surface area contributed by atoms with Crippen LogP contribution in [-0.2, 0) is 19.6 Å². The molecule has 12 heteroatoms. The Bertz CT molecular complexity index is 831. The molecule has 0 aliphatic heterocycles. The molecule has 0 aliphatic carbocycles. The summed E-state index contributed by atoms with van der Waals surface area (Å²) in [5.74, 6) is -1.35. The molecule has 0 aromatic heterocycles. The number of aliphatic carboxylic acids is 1. The van der Waals surface area contributed by atoms with Crippen LogP contribution in [0.3, 0.4) is 0 Å². The third-order valence-electron chi connectivity index (χ3n) is 3.54. The number of non-ortho nitro benzene ring substituents is 1. The molecular weight excluding hydrogens is 406 g/mol. The third kappa shape index (κ3) is 8.87. The van der Waals surface area contributed by atoms with E-state index in [1.807, 2.05) is 0 Å². The fourth-order valence-corrected chi connectivity index (χ4v) is 3.44. The number of carbonyl (C=O) groups is 2. The first kappa shape index (κ1) is 24.3. The van der Waals surface area contributed by atoms with Gasteiger partial charge in [0.15, 0.2) is 0 Å². The molecule has 0 saturated heterocycles. The van der Waals surface area contributed by atoms with Gasteiger partial charge < -0.3 is 15.2 Å². The lowest BCUT2D eigenvalue weighted by Crippen LogP contribution is -2.40. The monoisotopic (exact) mass is 431 g/mol. The summed E-state index contributed by atoms with van der Waals surface area (Å²) in [5, 5.41) is 22.4. The Morgan fingerprint density at radius 3 is 2.28 bits per heavy atom. The Hall–Kier alpha value is -2.73. The number of nitro groups is 1. The van der Waals surface area contributed by atoms with Crippen molar-refractivity contribution in [3.63, 3.8) is 0 Å². The van der Waals surface area contributed by atoms with Gasteiger partial charge in [0.25, 0.3) is 5.69 Å². The van der Waals surface area contributed by atoms with E-state index in [0.717, 1.165) is 24.3 Å². The second-order valence-electron chi connectivity index (χ2n) is 7.19. The number of sulfonamides is 1. The summed E-state index contributed by atoms with van der Waals surface area (Å²) in [6, 6.07) is 2.73. The molecule has 1 amide bonds.